The fourth-order valence-electron chi connectivity index (χ4n) is 1.57. The Kier molecular flexibility index (Phi) is 3.88. The Labute approximate surface area is 90.5 Å². The van der Waals surface area contributed by atoms with Gasteiger partial charge in [-0.05, 0) is 19.3 Å². The lowest BCUT2D eigenvalue weighted by molar-refractivity contribution is 0.0924. The highest BCUT2D eigenvalue weighted by Gasteiger charge is 2.17. The molecule has 0 saturated heterocycles. The van der Waals surface area contributed by atoms with Crippen molar-refractivity contribution in [3.8, 4) is 0 Å². The number of hydrogen-bond donors (Lipinski definition) is 2. The van der Waals surface area contributed by atoms with Gasteiger partial charge in [0.1, 0.15) is 0 Å². The molecule has 1 aromatic heterocycles. The molecule has 1 unspecified atom stereocenters. The van der Waals surface area contributed by atoms with Crippen molar-refractivity contribution in [1.29, 1.82) is 0 Å². The van der Waals surface area contributed by atoms with Gasteiger partial charge in [-0.1, -0.05) is 20.8 Å². The van der Waals surface area contributed by atoms with Crippen molar-refractivity contribution in [3.05, 3.63) is 17.5 Å². The van der Waals surface area contributed by atoms with E-state index in [1.54, 1.807) is 6.20 Å². The van der Waals surface area contributed by atoms with Gasteiger partial charge in [0, 0.05) is 11.7 Å². The first-order valence-electron chi connectivity index (χ1n) is 5.37. The van der Waals surface area contributed by atoms with E-state index in [-0.39, 0.29) is 11.9 Å². The van der Waals surface area contributed by atoms with E-state index in [0.29, 0.717) is 11.5 Å². The van der Waals surface area contributed by atoms with Crippen LogP contribution in [0.4, 0.5) is 0 Å². The predicted octanol–water partition coefficient (Wildman–Crippen LogP) is 1.88. The predicted molar refractivity (Wildman–Crippen MR) is 59.7 cm³/mol. The summed E-state index contributed by atoms with van der Waals surface area (Å²) in [6, 6.07) is 0.229. The quantitative estimate of drug-likeness (QED) is 0.795. The SMILES string of the molecule is CCC(NC(=O)c1cn[nH]c1C)C(C)C. The van der Waals surface area contributed by atoms with Crippen molar-refractivity contribution < 1.29 is 4.79 Å². The molecule has 1 rings (SSSR count). The van der Waals surface area contributed by atoms with Crippen LogP contribution in [0.5, 0.6) is 0 Å². The van der Waals surface area contributed by atoms with Crippen LogP contribution < -0.4 is 5.32 Å². The molecular formula is C11H19N3O. The maximum Gasteiger partial charge on any atom is 0.254 e. The van der Waals surface area contributed by atoms with Crippen LogP contribution in [0.3, 0.4) is 0 Å². The van der Waals surface area contributed by atoms with Crippen LogP contribution in [0.25, 0.3) is 0 Å². The molecule has 1 aromatic rings. The topological polar surface area (TPSA) is 57.8 Å². The Hall–Kier alpha value is -1.32. The molecule has 0 aromatic carbocycles. The van der Waals surface area contributed by atoms with E-state index in [2.05, 4.69) is 36.3 Å². The standard InChI is InChI=1S/C11H19N3O/c1-5-10(7(2)3)13-11(15)9-6-12-14-8(9)4/h6-7,10H,5H2,1-4H3,(H,12,14)(H,13,15). The summed E-state index contributed by atoms with van der Waals surface area (Å²) in [5.41, 5.74) is 1.44. The number of nitrogens with one attached hydrogen (secondary N) is 2. The van der Waals surface area contributed by atoms with Gasteiger partial charge in [0.15, 0.2) is 0 Å². The molecule has 4 nitrogen and oxygen atoms in total. The van der Waals surface area contributed by atoms with Crippen LogP contribution in [0.1, 0.15) is 43.2 Å². The van der Waals surface area contributed by atoms with Crippen molar-refractivity contribution in [3.63, 3.8) is 0 Å². The molecule has 1 atom stereocenters. The number of H-pyrrole nitrogens is 1. The molecule has 0 aliphatic carbocycles. The molecule has 2 N–H and O–H groups in total. The number of rotatable bonds is 4. The van der Waals surface area contributed by atoms with Crippen LogP contribution in [0.2, 0.25) is 0 Å². The number of amides is 1. The van der Waals surface area contributed by atoms with Crippen molar-refractivity contribution in [2.24, 2.45) is 5.92 Å². The summed E-state index contributed by atoms with van der Waals surface area (Å²) in [6.07, 6.45) is 2.51. The highest BCUT2D eigenvalue weighted by molar-refractivity contribution is 5.95. The van der Waals surface area contributed by atoms with Crippen LogP contribution >= 0.6 is 0 Å². The largest absolute Gasteiger partial charge is 0.349 e. The second-order valence-corrected chi connectivity index (χ2v) is 4.14. The molecule has 0 radical (unpaired) electrons. The van der Waals surface area contributed by atoms with Crippen molar-refractivity contribution in [2.45, 2.75) is 40.2 Å². The first-order valence-corrected chi connectivity index (χ1v) is 5.37. The zero-order valence-corrected chi connectivity index (χ0v) is 9.79. The normalized spacial score (nSPS) is 12.9. The summed E-state index contributed by atoms with van der Waals surface area (Å²) in [5, 5.41) is 9.60. The Morgan fingerprint density at radius 1 is 1.60 bits per heavy atom. The third kappa shape index (κ3) is 2.81. The highest BCUT2D eigenvalue weighted by atomic mass is 16.1. The van der Waals surface area contributed by atoms with E-state index in [1.807, 2.05) is 6.92 Å². The molecule has 1 amide bonds. The summed E-state index contributed by atoms with van der Waals surface area (Å²) >= 11 is 0. The van der Waals surface area contributed by atoms with E-state index in [4.69, 9.17) is 0 Å². The maximum absolute atomic E-state index is 11.8. The molecule has 0 spiro atoms. The Bertz CT molecular complexity index is 330. The number of aromatic nitrogens is 2. The monoisotopic (exact) mass is 209 g/mol. The third-order valence-corrected chi connectivity index (χ3v) is 2.64. The molecule has 0 aliphatic rings. The molecule has 84 valence electrons. The molecule has 0 aliphatic heterocycles. The first-order chi connectivity index (χ1) is 7.06. The first kappa shape index (κ1) is 11.8. The number of hydrogen-bond acceptors (Lipinski definition) is 2. The fourth-order valence-corrected chi connectivity index (χ4v) is 1.57. The lowest BCUT2D eigenvalue weighted by Crippen LogP contribution is -2.38. The average molecular weight is 209 g/mol. The van der Waals surface area contributed by atoms with E-state index in [0.717, 1.165) is 12.1 Å². The highest BCUT2D eigenvalue weighted by Crippen LogP contribution is 2.08. The van der Waals surface area contributed by atoms with Gasteiger partial charge in [-0.25, -0.2) is 0 Å². The Balaban J connectivity index is 2.67. The number of carbonyl (C=O) groups excluding carboxylic acids is 1. The van der Waals surface area contributed by atoms with Gasteiger partial charge < -0.3 is 5.32 Å². The maximum atomic E-state index is 11.8. The minimum atomic E-state index is -0.0400. The summed E-state index contributed by atoms with van der Waals surface area (Å²) in [6.45, 7) is 8.14. The second-order valence-electron chi connectivity index (χ2n) is 4.14. The summed E-state index contributed by atoms with van der Waals surface area (Å²) < 4.78 is 0. The zero-order valence-electron chi connectivity index (χ0n) is 9.79. The van der Waals surface area contributed by atoms with Crippen LogP contribution in [0, 0.1) is 12.8 Å². The smallest absolute Gasteiger partial charge is 0.254 e. The van der Waals surface area contributed by atoms with E-state index < -0.39 is 0 Å². The molecule has 15 heavy (non-hydrogen) atoms. The van der Waals surface area contributed by atoms with E-state index in [1.165, 1.54) is 0 Å². The van der Waals surface area contributed by atoms with Gasteiger partial charge in [-0.3, -0.25) is 9.89 Å². The number of aromatic amines is 1. The lowest BCUT2D eigenvalue weighted by Gasteiger charge is -2.20. The average Bonchev–Trinajstić information content (AvgIpc) is 2.60. The number of aryl methyl sites for hydroxylation is 1. The van der Waals surface area contributed by atoms with Crippen molar-refractivity contribution >= 4 is 5.91 Å². The molecular weight excluding hydrogens is 190 g/mol. The molecule has 4 heteroatoms. The summed E-state index contributed by atoms with van der Waals surface area (Å²) in [7, 11) is 0. The Morgan fingerprint density at radius 3 is 2.67 bits per heavy atom. The van der Waals surface area contributed by atoms with Crippen LogP contribution in [-0.2, 0) is 0 Å². The fraction of sp³-hybridized carbons (Fsp3) is 0.636. The molecule has 0 saturated carbocycles. The van der Waals surface area contributed by atoms with Gasteiger partial charge >= 0.3 is 0 Å². The molecule has 0 fully saturated rings. The Morgan fingerprint density at radius 2 is 2.27 bits per heavy atom. The van der Waals surface area contributed by atoms with Crippen LogP contribution in [0.15, 0.2) is 6.20 Å². The molecule has 0 bridgehead atoms. The van der Waals surface area contributed by atoms with Gasteiger partial charge in [0.2, 0.25) is 0 Å². The zero-order chi connectivity index (χ0) is 11.4. The van der Waals surface area contributed by atoms with Gasteiger partial charge in [-0.2, -0.15) is 5.10 Å². The molecule has 1 heterocycles. The third-order valence-electron chi connectivity index (χ3n) is 2.64. The van der Waals surface area contributed by atoms with Crippen LogP contribution in [-0.4, -0.2) is 22.1 Å². The van der Waals surface area contributed by atoms with Gasteiger partial charge in [0.05, 0.1) is 11.8 Å². The minimum Gasteiger partial charge on any atom is -0.349 e. The van der Waals surface area contributed by atoms with Gasteiger partial charge in [0.25, 0.3) is 5.91 Å². The van der Waals surface area contributed by atoms with Crippen molar-refractivity contribution in [1.82, 2.24) is 15.5 Å². The van der Waals surface area contributed by atoms with E-state index >= 15 is 0 Å². The number of carbonyl (C=O) groups is 1. The van der Waals surface area contributed by atoms with E-state index in [9.17, 15) is 4.79 Å². The minimum absolute atomic E-state index is 0.0400. The number of nitrogens with zero attached hydrogens (tertiary/aromatic N) is 1. The lowest BCUT2D eigenvalue weighted by atomic mass is 10.0. The van der Waals surface area contributed by atoms with Crippen molar-refractivity contribution in [2.75, 3.05) is 0 Å². The summed E-state index contributed by atoms with van der Waals surface area (Å²) in [5.74, 6) is 0.410. The summed E-state index contributed by atoms with van der Waals surface area (Å²) in [4.78, 5) is 11.8. The second kappa shape index (κ2) is 4.96. The van der Waals surface area contributed by atoms with Gasteiger partial charge in [-0.15, -0.1) is 0 Å².